The third-order valence-electron chi connectivity index (χ3n) is 4.45. The second-order valence-corrected chi connectivity index (χ2v) is 6.68. The Morgan fingerprint density at radius 1 is 1.37 bits per heavy atom. The van der Waals surface area contributed by atoms with Gasteiger partial charge >= 0.3 is 6.18 Å². The summed E-state index contributed by atoms with van der Waals surface area (Å²) in [6, 6.07) is 3.00. The van der Waals surface area contributed by atoms with Gasteiger partial charge in [-0.3, -0.25) is 9.78 Å². The SMILES string of the molecule is Cc1cc(C(C)N2Cc3c(ccnc3Cl)C2=O)ncc1OCCC(F)(F)F. The van der Waals surface area contributed by atoms with Crippen LogP contribution in [0.5, 0.6) is 5.75 Å². The molecular weight excluding hydrogens is 383 g/mol. The molecule has 9 heteroatoms. The predicted octanol–water partition coefficient (Wildman–Crippen LogP) is 4.49. The highest BCUT2D eigenvalue weighted by Crippen LogP contribution is 2.34. The molecule has 27 heavy (non-hydrogen) atoms. The van der Waals surface area contributed by atoms with Crippen molar-refractivity contribution in [2.24, 2.45) is 0 Å². The molecule has 1 unspecified atom stereocenters. The van der Waals surface area contributed by atoms with Crippen LogP contribution in [0.25, 0.3) is 0 Å². The van der Waals surface area contributed by atoms with Crippen molar-refractivity contribution in [1.29, 1.82) is 0 Å². The van der Waals surface area contributed by atoms with Crippen LogP contribution >= 0.6 is 11.6 Å². The minimum absolute atomic E-state index is 0.160. The first kappa shape index (κ1) is 19.4. The molecule has 5 nitrogen and oxygen atoms in total. The van der Waals surface area contributed by atoms with E-state index in [1.807, 2.05) is 6.92 Å². The molecule has 1 aliphatic rings. The van der Waals surface area contributed by atoms with Gasteiger partial charge in [0.1, 0.15) is 10.9 Å². The number of carbonyl (C=O) groups is 1. The number of hydrogen-bond donors (Lipinski definition) is 0. The van der Waals surface area contributed by atoms with E-state index in [0.717, 1.165) is 0 Å². The average Bonchev–Trinajstić information content (AvgIpc) is 2.93. The van der Waals surface area contributed by atoms with Crippen molar-refractivity contribution in [3.05, 3.63) is 52.1 Å². The van der Waals surface area contributed by atoms with Crippen LogP contribution in [0.1, 0.15) is 46.6 Å². The fourth-order valence-corrected chi connectivity index (χ4v) is 3.13. The van der Waals surface area contributed by atoms with Gasteiger partial charge in [-0.05, 0) is 31.5 Å². The van der Waals surface area contributed by atoms with Crippen LogP contribution in [0.15, 0.2) is 24.5 Å². The number of pyridine rings is 2. The van der Waals surface area contributed by atoms with Gasteiger partial charge in [0, 0.05) is 17.3 Å². The third kappa shape index (κ3) is 4.16. The van der Waals surface area contributed by atoms with Crippen molar-refractivity contribution in [3.8, 4) is 5.75 Å². The van der Waals surface area contributed by atoms with Gasteiger partial charge in [-0.1, -0.05) is 11.6 Å². The van der Waals surface area contributed by atoms with Crippen LogP contribution in [0.2, 0.25) is 5.15 Å². The summed E-state index contributed by atoms with van der Waals surface area (Å²) in [5.41, 5.74) is 2.46. The Kier molecular flexibility index (Phi) is 5.28. The third-order valence-corrected chi connectivity index (χ3v) is 4.77. The molecule has 1 aliphatic heterocycles. The van der Waals surface area contributed by atoms with E-state index in [9.17, 15) is 18.0 Å². The first-order chi connectivity index (χ1) is 12.7. The number of carbonyl (C=O) groups excluding carboxylic acids is 1. The Morgan fingerprint density at radius 2 is 2.11 bits per heavy atom. The number of halogens is 4. The zero-order valence-corrected chi connectivity index (χ0v) is 15.4. The molecule has 0 aromatic carbocycles. The number of aromatic nitrogens is 2. The number of fused-ring (bicyclic) bond motifs is 1. The van der Waals surface area contributed by atoms with E-state index in [-0.39, 0.29) is 11.9 Å². The smallest absolute Gasteiger partial charge is 0.392 e. The summed E-state index contributed by atoms with van der Waals surface area (Å²) in [6.07, 6.45) is -2.42. The van der Waals surface area contributed by atoms with Gasteiger partial charge in [-0.2, -0.15) is 13.2 Å². The number of hydrogen-bond acceptors (Lipinski definition) is 4. The first-order valence-electron chi connectivity index (χ1n) is 8.28. The summed E-state index contributed by atoms with van der Waals surface area (Å²) in [6.45, 7) is 3.41. The van der Waals surface area contributed by atoms with Gasteiger partial charge in [0.25, 0.3) is 5.91 Å². The molecule has 2 aromatic heterocycles. The summed E-state index contributed by atoms with van der Waals surface area (Å²) in [5, 5.41) is 0.299. The van der Waals surface area contributed by atoms with Gasteiger partial charge in [-0.15, -0.1) is 0 Å². The summed E-state index contributed by atoms with van der Waals surface area (Å²) in [4.78, 5) is 22.5. The van der Waals surface area contributed by atoms with Crippen LogP contribution in [-0.2, 0) is 6.54 Å². The number of rotatable bonds is 5. The lowest BCUT2D eigenvalue weighted by molar-refractivity contribution is -0.139. The van der Waals surface area contributed by atoms with Gasteiger partial charge in [0.05, 0.1) is 37.5 Å². The Hall–Kier alpha value is -2.35. The predicted molar refractivity (Wildman–Crippen MR) is 92.7 cm³/mol. The average molecular weight is 400 g/mol. The quantitative estimate of drug-likeness (QED) is 0.695. The summed E-state index contributed by atoms with van der Waals surface area (Å²) < 4.78 is 41.9. The summed E-state index contributed by atoms with van der Waals surface area (Å²) in [5.74, 6) is 0.130. The van der Waals surface area contributed by atoms with E-state index in [2.05, 4.69) is 9.97 Å². The highest BCUT2D eigenvalue weighted by Gasteiger charge is 2.34. The van der Waals surface area contributed by atoms with Crippen LogP contribution < -0.4 is 4.74 Å². The van der Waals surface area contributed by atoms with Crippen molar-refractivity contribution in [1.82, 2.24) is 14.9 Å². The number of nitrogens with zero attached hydrogens (tertiary/aromatic N) is 3. The van der Waals surface area contributed by atoms with Crippen molar-refractivity contribution < 1.29 is 22.7 Å². The van der Waals surface area contributed by atoms with E-state index in [4.69, 9.17) is 16.3 Å². The fraction of sp³-hybridized carbons (Fsp3) is 0.389. The molecule has 3 heterocycles. The van der Waals surface area contributed by atoms with Gasteiger partial charge in [-0.25, -0.2) is 4.98 Å². The maximum absolute atomic E-state index is 12.6. The van der Waals surface area contributed by atoms with E-state index < -0.39 is 19.2 Å². The molecule has 0 radical (unpaired) electrons. The Balaban J connectivity index is 1.73. The molecular formula is C18H17ClF3N3O2. The molecule has 0 bridgehead atoms. The normalized spacial score (nSPS) is 15.0. The lowest BCUT2D eigenvalue weighted by Gasteiger charge is -2.24. The van der Waals surface area contributed by atoms with Crippen LogP contribution in [0.3, 0.4) is 0 Å². The van der Waals surface area contributed by atoms with Crippen molar-refractivity contribution in [2.45, 2.75) is 39.0 Å². The molecule has 0 saturated heterocycles. The second-order valence-electron chi connectivity index (χ2n) is 6.33. The summed E-state index contributed by atoms with van der Waals surface area (Å²) >= 11 is 6.08. The fourth-order valence-electron chi connectivity index (χ4n) is 2.91. The Bertz CT molecular complexity index is 873. The molecule has 0 saturated carbocycles. The van der Waals surface area contributed by atoms with Gasteiger partial charge < -0.3 is 9.64 Å². The molecule has 2 aromatic rings. The van der Waals surface area contributed by atoms with Crippen LogP contribution in [0, 0.1) is 6.92 Å². The van der Waals surface area contributed by atoms with Crippen LogP contribution in [0.4, 0.5) is 13.2 Å². The minimum Gasteiger partial charge on any atom is -0.491 e. The zero-order valence-electron chi connectivity index (χ0n) is 14.7. The Morgan fingerprint density at radius 3 is 2.74 bits per heavy atom. The Labute approximate surface area is 159 Å². The highest BCUT2D eigenvalue weighted by atomic mass is 35.5. The lowest BCUT2D eigenvalue weighted by atomic mass is 10.1. The summed E-state index contributed by atoms with van der Waals surface area (Å²) in [7, 11) is 0. The van der Waals surface area contributed by atoms with Gasteiger partial charge in [0.2, 0.25) is 0 Å². The molecule has 3 rings (SSSR count). The number of ether oxygens (including phenoxy) is 1. The standard InChI is InChI=1S/C18H17ClF3N3O2/c1-10-7-14(24-8-15(10)27-6-4-18(20,21)22)11(2)25-9-13-12(17(25)26)3-5-23-16(13)19/h3,5,7-8,11H,4,6,9H2,1-2H3. The molecule has 1 atom stereocenters. The minimum atomic E-state index is -4.27. The monoisotopic (exact) mass is 399 g/mol. The number of alkyl halides is 3. The van der Waals surface area contributed by atoms with Crippen LogP contribution in [-0.4, -0.2) is 33.6 Å². The van der Waals surface area contributed by atoms with Crippen molar-refractivity contribution in [2.75, 3.05) is 6.61 Å². The van der Waals surface area contributed by atoms with E-state index >= 15 is 0 Å². The second kappa shape index (κ2) is 7.34. The van der Waals surface area contributed by atoms with Gasteiger partial charge in [0.15, 0.2) is 0 Å². The molecule has 1 amide bonds. The van der Waals surface area contributed by atoms with E-state index in [1.165, 1.54) is 12.4 Å². The first-order valence-corrected chi connectivity index (χ1v) is 8.65. The lowest BCUT2D eigenvalue weighted by Crippen LogP contribution is -2.28. The maximum Gasteiger partial charge on any atom is 0.392 e. The number of amides is 1. The van der Waals surface area contributed by atoms with Crippen molar-refractivity contribution >= 4 is 17.5 Å². The van der Waals surface area contributed by atoms with Crippen molar-refractivity contribution in [3.63, 3.8) is 0 Å². The maximum atomic E-state index is 12.6. The molecule has 0 spiro atoms. The molecule has 144 valence electrons. The molecule has 0 N–H and O–H groups in total. The largest absolute Gasteiger partial charge is 0.491 e. The molecule has 0 fully saturated rings. The molecule has 0 aliphatic carbocycles. The number of aryl methyl sites for hydroxylation is 1. The topological polar surface area (TPSA) is 55.3 Å². The zero-order chi connectivity index (χ0) is 19.8. The highest BCUT2D eigenvalue weighted by molar-refractivity contribution is 6.30. The van der Waals surface area contributed by atoms with E-state index in [0.29, 0.717) is 39.8 Å². The van der Waals surface area contributed by atoms with E-state index in [1.54, 1.807) is 24.0 Å².